The lowest BCUT2D eigenvalue weighted by atomic mass is 10.1. The Labute approximate surface area is 184 Å². The van der Waals surface area contributed by atoms with E-state index in [0.29, 0.717) is 12.2 Å². The van der Waals surface area contributed by atoms with Gasteiger partial charge >= 0.3 is 0 Å². The summed E-state index contributed by atoms with van der Waals surface area (Å²) in [7, 11) is 3.99. The number of hydrogen-bond donors (Lipinski definition) is 1. The lowest BCUT2D eigenvalue weighted by Crippen LogP contribution is -2.27. The topological polar surface area (TPSA) is 52.6 Å². The van der Waals surface area contributed by atoms with Crippen molar-refractivity contribution in [1.82, 2.24) is 0 Å². The fourth-order valence-corrected chi connectivity index (χ4v) is 5.25. The van der Waals surface area contributed by atoms with Crippen LogP contribution >= 0.6 is 23.1 Å². The molecule has 0 bridgehead atoms. The second kappa shape index (κ2) is 8.93. The van der Waals surface area contributed by atoms with Crippen LogP contribution in [0.5, 0.6) is 0 Å². The molecule has 7 heteroatoms. The maximum Gasteiger partial charge on any atom is 0.238 e. The van der Waals surface area contributed by atoms with E-state index in [1.807, 2.05) is 89.9 Å². The van der Waals surface area contributed by atoms with E-state index in [0.717, 1.165) is 27.5 Å². The van der Waals surface area contributed by atoms with Gasteiger partial charge in [-0.25, -0.2) is 0 Å². The van der Waals surface area contributed by atoms with E-state index in [1.54, 1.807) is 23.1 Å². The molecule has 0 saturated carbocycles. The fourth-order valence-electron chi connectivity index (χ4n) is 3.37. The standard InChI is InChI=1S/C23H23N3O2S2/c1-25(2)18-9-11-19(12-10-18)26-22(28)15-30-23(26)16-5-7-17(8-6-16)24-21(27)14-20-4-3-13-29-20/h3-13,23H,14-15H2,1-2H3,(H,24,27). The van der Waals surface area contributed by atoms with E-state index in [4.69, 9.17) is 0 Å². The van der Waals surface area contributed by atoms with Crippen LogP contribution in [0.1, 0.15) is 15.8 Å². The molecule has 1 fully saturated rings. The third-order valence-electron chi connectivity index (χ3n) is 4.91. The van der Waals surface area contributed by atoms with Crippen molar-refractivity contribution in [3.05, 3.63) is 76.5 Å². The van der Waals surface area contributed by atoms with Gasteiger partial charge in [0.25, 0.3) is 0 Å². The predicted molar refractivity (Wildman–Crippen MR) is 127 cm³/mol. The molecule has 30 heavy (non-hydrogen) atoms. The fraction of sp³-hybridized carbons (Fsp3) is 0.217. The molecule has 1 saturated heterocycles. The second-order valence-corrected chi connectivity index (χ2v) is 9.37. The predicted octanol–water partition coefficient (Wildman–Crippen LogP) is 4.77. The lowest BCUT2D eigenvalue weighted by molar-refractivity contribution is -0.116. The molecule has 1 atom stereocenters. The molecular formula is C23H23N3O2S2. The normalized spacial score (nSPS) is 16.0. The van der Waals surface area contributed by atoms with Gasteiger partial charge in [-0.2, -0.15) is 0 Å². The highest BCUT2D eigenvalue weighted by Crippen LogP contribution is 2.42. The van der Waals surface area contributed by atoms with Gasteiger partial charge in [0.15, 0.2) is 0 Å². The molecular weight excluding hydrogens is 414 g/mol. The van der Waals surface area contributed by atoms with E-state index in [-0.39, 0.29) is 17.2 Å². The quantitative estimate of drug-likeness (QED) is 0.603. The summed E-state index contributed by atoms with van der Waals surface area (Å²) in [5.74, 6) is 0.536. The molecule has 5 nitrogen and oxygen atoms in total. The van der Waals surface area contributed by atoms with Gasteiger partial charge in [-0.05, 0) is 53.4 Å². The summed E-state index contributed by atoms with van der Waals surface area (Å²) in [6.45, 7) is 0. The molecule has 1 unspecified atom stereocenters. The maximum absolute atomic E-state index is 12.6. The summed E-state index contributed by atoms with van der Waals surface area (Å²) in [6.07, 6.45) is 0.378. The monoisotopic (exact) mass is 437 g/mol. The van der Waals surface area contributed by atoms with Crippen LogP contribution in [0.15, 0.2) is 66.0 Å². The molecule has 154 valence electrons. The van der Waals surface area contributed by atoms with Crippen molar-refractivity contribution in [2.75, 3.05) is 35.0 Å². The van der Waals surface area contributed by atoms with Gasteiger partial charge in [0.05, 0.1) is 12.2 Å². The molecule has 1 aliphatic rings. The minimum Gasteiger partial charge on any atom is -0.378 e. The zero-order chi connectivity index (χ0) is 21.1. The van der Waals surface area contributed by atoms with Crippen molar-refractivity contribution >= 4 is 52.0 Å². The second-order valence-electron chi connectivity index (χ2n) is 7.26. The van der Waals surface area contributed by atoms with Gasteiger partial charge in [-0.15, -0.1) is 23.1 Å². The van der Waals surface area contributed by atoms with Crippen molar-refractivity contribution in [3.8, 4) is 0 Å². The van der Waals surface area contributed by atoms with Crippen LogP contribution in [0.2, 0.25) is 0 Å². The molecule has 1 aromatic heterocycles. The van der Waals surface area contributed by atoms with Gasteiger partial charge in [0.2, 0.25) is 11.8 Å². The summed E-state index contributed by atoms with van der Waals surface area (Å²) in [5, 5.41) is 4.84. The van der Waals surface area contributed by atoms with Crippen LogP contribution in [0.4, 0.5) is 17.1 Å². The molecule has 1 N–H and O–H groups in total. The van der Waals surface area contributed by atoms with Gasteiger partial charge in [-0.3, -0.25) is 14.5 Å². The van der Waals surface area contributed by atoms with Crippen molar-refractivity contribution < 1.29 is 9.59 Å². The van der Waals surface area contributed by atoms with Crippen molar-refractivity contribution in [3.63, 3.8) is 0 Å². The minimum atomic E-state index is -0.0708. The van der Waals surface area contributed by atoms with Crippen LogP contribution in [0, 0.1) is 0 Å². The Hall–Kier alpha value is -2.77. The number of carbonyl (C=O) groups excluding carboxylic acids is 2. The summed E-state index contributed by atoms with van der Waals surface area (Å²) < 4.78 is 0. The number of hydrogen-bond acceptors (Lipinski definition) is 5. The third kappa shape index (κ3) is 4.52. The molecule has 0 aliphatic carbocycles. The Morgan fingerprint density at radius 2 is 1.83 bits per heavy atom. The van der Waals surface area contributed by atoms with Gasteiger partial charge < -0.3 is 10.2 Å². The largest absolute Gasteiger partial charge is 0.378 e. The summed E-state index contributed by atoms with van der Waals surface area (Å²) in [4.78, 5) is 29.7. The number of nitrogens with one attached hydrogen (secondary N) is 1. The summed E-state index contributed by atoms with van der Waals surface area (Å²) >= 11 is 3.20. The Morgan fingerprint density at radius 1 is 1.10 bits per heavy atom. The Morgan fingerprint density at radius 3 is 2.47 bits per heavy atom. The molecule has 2 aromatic carbocycles. The number of benzene rings is 2. The number of nitrogens with zero attached hydrogens (tertiary/aromatic N) is 2. The van der Waals surface area contributed by atoms with Crippen LogP contribution < -0.4 is 15.1 Å². The van der Waals surface area contributed by atoms with Crippen molar-refractivity contribution in [2.24, 2.45) is 0 Å². The summed E-state index contributed by atoms with van der Waals surface area (Å²) in [6, 6.07) is 19.7. The first kappa shape index (κ1) is 20.5. The number of thioether (sulfide) groups is 1. The number of anilines is 3. The molecule has 1 aliphatic heterocycles. The smallest absolute Gasteiger partial charge is 0.238 e. The summed E-state index contributed by atoms with van der Waals surface area (Å²) in [5.41, 5.74) is 3.79. The highest BCUT2D eigenvalue weighted by atomic mass is 32.2. The zero-order valence-corrected chi connectivity index (χ0v) is 18.5. The molecule has 3 aromatic rings. The Balaban J connectivity index is 1.47. The highest BCUT2D eigenvalue weighted by molar-refractivity contribution is 8.00. The molecule has 4 rings (SSSR count). The van der Waals surface area contributed by atoms with Gasteiger partial charge in [0.1, 0.15) is 5.37 Å². The van der Waals surface area contributed by atoms with E-state index in [9.17, 15) is 9.59 Å². The molecule has 0 radical (unpaired) electrons. The van der Waals surface area contributed by atoms with Gasteiger partial charge in [0, 0.05) is 36.0 Å². The zero-order valence-electron chi connectivity index (χ0n) is 16.9. The van der Waals surface area contributed by atoms with Crippen molar-refractivity contribution in [2.45, 2.75) is 11.8 Å². The third-order valence-corrected chi connectivity index (χ3v) is 7.00. The number of thiophene rings is 1. The van der Waals surface area contributed by atoms with Crippen LogP contribution in [-0.4, -0.2) is 31.7 Å². The average molecular weight is 438 g/mol. The number of carbonyl (C=O) groups is 2. The number of amides is 2. The molecule has 0 spiro atoms. The van der Waals surface area contributed by atoms with Crippen molar-refractivity contribution in [1.29, 1.82) is 0 Å². The van der Waals surface area contributed by atoms with E-state index in [2.05, 4.69) is 5.32 Å². The van der Waals surface area contributed by atoms with E-state index >= 15 is 0 Å². The van der Waals surface area contributed by atoms with Crippen LogP contribution in [-0.2, 0) is 16.0 Å². The first-order valence-corrected chi connectivity index (χ1v) is 11.6. The first-order chi connectivity index (χ1) is 14.5. The van der Waals surface area contributed by atoms with Gasteiger partial charge in [-0.1, -0.05) is 18.2 Å². The number of rotatable bonds is 6. The highest BCUT2D eigenvalue weighted by Gasteiger charge is 2.34. The first-order valence-electron chi connectivity index (χ1n) is 9.64. The van der Waals surface area contributed by atoms with Crippen LogP contribution in [0.3, 0.4) is 0 Å². The van der Waals surface area contributed by atoms with E-state index < -0.39 is 0 Å². The lowest BCUT2D eigenvalue weighted by Gasteiger charge is -2.25. The SMILES string of the molecule is CN(C)c1ccc(N2C(=O)CSC2c2ccc(NC(=O)Cc3cccs3)cc2)cc1. The Kier molecular flexibility index (Phi) is 6.11. The molecule has 2 heterocycles. The van der Waals surface area contributed by atoms with Crippen LogP contribution in [0.25, 0.3) is 0 Å². The maximum atomic E-state index is 12.6. The average Bonchev–Trinajstić information content (AvgIpc) is 3.38. The minimum absolute atomic E-state index is 0.0294. The molecule has 2 amide bonds. The Bertz CT molecular complexity index is 1020. The van der Waals surface area contributed by atoms with E-state index in [1.165, 1.54) is 0 Å².